The van der Waals surface area contributed by atoms with Gasteiger partial charge in [0.05, 0.1) is 17.4 Å². The summed E-state index contributed by atoms with van der Waals surface area (Å²) in [6.45, 7) is 0. The van der Waals surface area contributed by atoms with E-state index in [1.54, 1.807) is 12.4 Å². The van der Waals surface area contributed by atoms with Gasteiger partial charge in [-0.1, -0.05) is 12.1 Å². The molecule has 0 aliphatic carbocycles. The van der Waals surface area contributed by atoms with Crippen LogP contribution in [0.15, 0.2) is 55.1 Å². The molecular weight excluding hydrogens is 254 g/mol. The molecule has 0 amide bonds. The lowest BCUT2D eigenvalue weighted by Gasteiger charge is -2.11. The average molecular weight is 265 g/mol. The van der Waals surface area contributed by atoms with Crippen LogP contribution in [-0.2, 0) is 0 Å². The maximum atomic E-state index is 11.2. The Labute approximate surface area is 114 Å². The largest absolute Gasteiger partial charge is 0.478 e. The summed E-state index contributed by atoms with van der Waals surface area (Å²) in [5, 5.41) is 14.2. The number of benzene rings is 1. The van der Waals surface area contributed by atoms with E-state index in [0.29, 0.717) is 5.69 Å². The quantitative estimate of drug-likeness (QED) is 0.761. The molecule has 0 atom stereocenters. The number of pyridine rings is 2. The van der Waals surface area contributed by atoms with Gasteiger partial charge in [-0.25, -0.2) is 4.79 Å². The van der Waals surface area contributed by atoms with E-state index in [0.717, 1.165) is 16.5 Å². The van der Waals surface area contributed by atoms with Gasteiger partial charge in [-0.3, -0.25) is 9.97 Å². The van der Waals surface area contributed by atoms with Crippen molar-refractivity contribution in [1.82, 2.24) is 9.97 Å². The first kappa shape index (κ1) is 12.1. The average Bonchev–Trinajstić information content (AvgIpc) is 2.48. The number of hydrogen-bond acceptors (Lipinski definition) is 4. The molecule has 0 radical (unpaired) electrons. The molecule has 0 bridgehead atoms. The number of carbonyl (C=O) groups is 1. The molecule has 5 nitrogen and oxygen atoms in total. The highest BCUT2D eigenvalue weighted by atomic mass is 16.4. The normalized spacial score (nSPS) is 10.4. The Balaban J connectivity index is 2.08. The molecule has 0 spiro atoms. The number of aromatic nitrogens is 2. The predicted molar refractivity (Wildman–Crippen MR) is 76.2 cm³/mol. The zero-order valence-electron chi connectivity index (χ0n) is 10.4. The summed E-state index contributed by atoms with van der Waals surface area (Å²) < 4.78 is 0. The van der Waals surface area contributed by atoms with Crippen LogP contribution in [0.25, 0.3) is 10.8 Å². The van der Waals surface area contributed by atoms with Crippen molar-refractivity contribution in [1.29, 1.82) is 0 Å². The van der Waals surface area contributed by atoms with Gasteiger partial charge >= 0.3 is 5.97 Å². The van der Waals surface area contributed by atoms with Gasteiger partial charge in [0, 0.05) is 29.7 Å². The van der Waals surface area contributed by atoms with Crippen molar-refractivity contribution in [2.75, 3.05) is 5.32 Å². The molecule has 0 unspecified atom stereocenters. The fourth-order valence-electron chi connectivity index (χ4n) is 2.05. The first-order valence-corrected chi connectivity index (χ1v) is 6.03. The number of anilines is 2. The van der Waals surface area contributed by atoms with E-state index in [-0.39, 0.29) is 5.56 Å². The van der Waals surface area contributed by atoms with Gasteiger partial charge in [0.25, 0.3) is 0 Å². The lowest BCUT2D eigenvalue weighted by atomic mass is 10.1. The van der Waals surface area contributed by atoms with Crippen molar-refractivity contribution in [3.63, 3.8) is 0 Å². The first-order valence-electron chi connectivity index (χ1n) is 6.03. The third-order valence-corrected chi connectivity index (χ3v) is 3.00. The Kier molecular flexibility index (Phi) is 3.01. The Morgan fingerprint density at radius 3 is 2.65 bits per heavy atom. The Morgan fingerprint density at radius 1 is 1.00 bits per heavy atom. The number of aromatic carboxylic acids is 1. The summed E-state index contributed by atoms with van der Waals surface area (Å²) >= 11 is 0. The molecule has 2 heterocycles. The summed E-state index contributed by atoms with van der Waals surface area (Å²) in [6, 6.07) is 9.13. The van der Waals surface area contributed by atoms with Gasteiger partial charge < -0.3 is 10.4 Å². The SMILES string of the molecule is O=C(O)c1ccncc1Nc1cccc2ccncc12. The summed E-state index contributed by atoms with van der Waals surface area (Å²) in [5.41, 5.74) is 1.43. The fourth-order valence-corrected chi connectivity index (χ4v) is 2.05. The Bertz CT molecular complexity index is 781. The number of nitrogens with zero attached hydrogens (tertiary/aromatic N) is 2. The fraction of sp³-hybridized carbons (Fsp3) is 0. The maximum Gasteiger partial charge on any atom is 0.337 e. The molecule has 20 heavy (non-hydrogen) atoms. The summed E-state index contributed by atoms with van der Waals surface area (Å²) in [6.07, 6.45) is 6.42. The number of carboxylic acid groups (broad SMARTS) is 1. The van der Waals surface area contributed by atoms with E-state index in [1.807, 2.05) is 24.3 Å². The second-order valence-corrected chi connectivity index (χ2v) is 4.25. The van der Waals surface area contributed by atoms with E-state index < -0.39 is 5.97 Å². The van der Waals surface area contributed by atoms with Crippen LogP contribution in [0, 0.1) is 0 Å². The minimum atomic E-state index is -0.992. The molecule has 0 saturated heterocycles. The smallest absolute Gasteiger partial charge is 0.337 e. The van der Waals surface area contributed by atoms with Crippen molar-refractivity contribution >= 4 is 28.1 Å². The van der Waals surface area contributed by atoms with E-state index in [2.05, 4.69) is 15.3 Å². The van der Waals surface area contributed by atoms with Crippen LogP contribution in [0.3, 0.4) is 0 Å². The van der Waals surface area contributed by atoms with Gasteiger partial charge in [-0.15, -0.1) is 0 Å². The number of carboxylic acids is 1. The van der Waals surface area contributed by atoms with E-state index >= 15 is 0 Å². The second kappa shape index (κ2) is 4.97. The van der Waals surface area contributed by atoms with E-state index in [9.17, 15) is 9.90 Å². The van der Waals surface area contributed by atoms with Gasteiger partial charge in [0.2, 0.25) is 0 Å². The third kappa shape index (κ3) is 2.16. The first-order chi connectivity index (χ1) is 9.75. The third-order valence-electron chi connectivity index (χ3n) is 3.00. The van der Waals surface area contributed by atoms with Crippen LogP contribution >= 0.6 is 0 Å². The number of rotatable bonds is 3. The van der Waals surface area contributed by atoms with E-state index in [1.165, 1.54) is 18.5 Å². The lowest BCUT2D eigenvalue weighted by molar-refractivity contribution is 0.0698. The minimum absolute atomic E-state index is 0.181. The topological polar surface area (TPSA) is 75.1 Å². The maximum absolute atomic E-state index is 11.2. The van der Waals surface area contributed by atoms with Gasteiger partial charge in [0.1, 0.15) is 0 Å². The van der Waals surface area contributed by atoms with Crippen molar-refractivity contribution in [3.05, 3.63) is 60.7 Å². The minimum Gasteiger partial charge on any atom is -0.478 e. The van der Waals surface area contributed by atoms with Crippen LogP contribution in [0.5, 0.6) is 0 Å². The monoisotopic (exact) mass is 265 g/mol. The van der Waals surface area contributed by atoms with Gasteiger partial charge in [-0.2, -0.15) is 0 Å². The highest BCUT2D eigenvalue weighted by Crippen LogP contribution is 2.26. The molecule has 98 valence electrons. The summed E-state index contributed by atoms with van der Waals surface area (Å²) in [4.78, 5) is 19.3. The van der Waals surface area contributed by atoms with Crippen molar-refractivity contribution in [2.24, 2.45) is 0 Å². The molecule has 3 rings (SSSR count). The summed E-state index contributed by atoms with van der Waals surface area (Å²) in [5.74, 6) is -0.992. The second-order valence-electron chi connectivity index (χ2n) is 4.25. The number of nitrogens with one attached hydrogen (secondary N) is 1. The molecule has 2 aromatic heterocycles. The Hall–Kier alpha value is -2.95. The summed E-state index contributed by atoms with van der Waals surface area (Å²) in [7, 11) is 0. The molecule has 3 aromatic rings. The van der Waals surface area contributed by atoms with Crippen molar-refractivity contribution < 1.29 is 9.90 Å². The number of hydrogen-bond donors (Lipinski definition) is 2. The van der Waals surface area contributed by atoms with Crippen LogP contribution in [0.1, 0.15) is 10.4 Å². The predicted octanol–water partition coefficient (Wildman–Crippen LogP) is 3.07. The molecule has 2 N–H and O–H groups in total. The molecule has 0 aliphatic rings. The molecular formula is C15H11N3O2. The molecule has 0 aliphatic heterocycles. The van der Waals surface area contributed by atoms with Gasteiger partial charge in [0.15, 0.2) is 0 Å². The molecule has 5 heteroatoms. The molecule has 0 fully saturated rings. The molecule has 1 aromatic carbocycles. The lowest BCUT2D eigenvalue weighted by Crippen LogP contribution is -2.03. The standard InChI is InChI=1S/C15H11N3O2/c19-15(20)11-5-7-17-9-14(11)18-13-3-1-2-10-4-6-16-8-12(10)13/h1-9,18H,(H,19,20). The Morgan fingerprint density at radius 2 is 1.80 bits per heavy atom. The van der Waals surface area contributed by atoms with Gasteiger partial charge in [-0.05, 0) is 23.6 Å². The zero-order valence-corrected chi connectivity index (χ0v) is 10.4. The molecule has 0 saturated carbocycles. The van der Waals surface area contributed by atoms with E-state index in [4.69, 9.17) is 0 Å². The van der Waals surface area contributed by atoms with Crippen LogP contribution < -0.4 is 5.32 Å². The zero-order chi connectivity index (χ0) is 13.9. The highest BCUT2D eigenvalue weighted by molar-refractivity contribution is 5.99. The number of fused-ring (bicyclic) bond motifs is 1. The highest BCUT2D eigenvalue weighted by Gasteiger charge is 2.10. The van der Waals surface area contributed by atoms with Crippen molar-refractivity contribution in [3.8, 4) is 0 Å². The van der Waals surface area contributed by atoms with Crippen molar-refractivity contribution in [2.45, 2.75) is 0 Å². The van der Waals surface area contributed by atoms with Crippen LogP contribution in [0.2, 0.25) is 0 Å². The van der Waals surface area contributed by atoms with Crippen LogP contribution in [-0.4, -0.2) is 21.0 Å². The van der Waals surface area contributed by atoms with Crippen LogP contribution in [0.4, 0.5) is 11.4 Å².